The van der Waals surface area contributed by atoms with Gasteiger partial charge in [-0.3, -0.25) is 4.79 Å². The van der Waals surface area contributed by atoms with E-state index in [9.17, 15) is 9.59 Å². The van der Waals surface area contributed by atoms with E-state index >= 15 is 0 Å². The zero-order valence-corrected chi connectivity index (χ0v) is 17.5. The number of amides is 1. The van der Waals surface area contributed by atoms with Gasteiger partial charge in [-0.05, 0) is 53.0 Å². The molecule has 0 spiro atoms. The summed E-state index contributed by atoms with van der Waals surface area (Å²) in [5, 5.41) is 3.12. The second-order valence-electron chi connectivity index (χ2n) is 7.78. The van der Waals surface area contributed by atoms with Crippen LogP contribution in [0.25, 0.3) is 0 Å². The molecule has 1 aromatic heterocycles. The number of rotatable bonds is 4. The summed E-state index contributed by atoms with van der Waals surface area (Å²) in [6.07, 6.45) is 5.74. The molecule has 6 heteroatoms. The number of esters is 1. The van der Waals surface area contributed by atoms with E-state index in [0.717, 1.165) is 24.1 Å². The quantitative estimate of drug-likeness (QED) is 0.564. The van der Waals surface area contributed by atoms with Gasteiger partial charge in [-0.15, -0.1) is 0 Å². The monoisotopic (exact) mass is 412 g/mol. The Hall–Kier alpha value is -1.30. The molecule has 0 aliphatic heterocycles. The molecule has 25 heavy (non-hydrogen) atoms. The highest BCUT2D eigenvalue weighted by Crippen LogP contribution is 2.37. The van der Waals surface area contributed by atoms with Gasteiger partial charge in [0.05, 0.1) is 5.33 Å². The molecule has 1 N–H and O–H groups in total. The summed E-state index contributed by atoms with van der Waals surface area (Å²) in [5.41, 5.74) is 1.80. The van der Waals surface area contributed by atoms with Crippen LogP contribution in [0.4, 0.5) is 5.82 Å². The minimum Gasteiger partial charge on any atom is -0.456 e. The summed E-state index contributed by atoms with van der Waals surface area (Å²) in [5.74, 6) is 0.0347. The Morgan fingerprint density at radius 1 is 1.20 bits per heavy atom. The Morgan fingerprint density at radius 3 is 2.32 bits per heavy atom. The SMILES string of the molecule is Cc1c(C(=O)OC(C)(C)C)c(NC(=O)CBr)n(C2CCCCC2)c1C. The molecule has 1 saturated carbocycles. The number of hydrogen-bond donors (Lipinski definition) is 1. The van der Waals surface area contributed by atoms with Gasteiger partial charge in [0, 0.05) is 11.7 Å². The molecule has 1 aliphatic rings. The first-order valence-electron chi connectivity index (χ1n) is 8.96. The van der Waals surface area contributed by atoms with Crippen molar-refractivity contribution >= 4 is 33.6 Å². The molecule has 0 atom stereocenters. The highest BCUT2D eigenvalue weighted by molar-refractivity contribution is 9.09. The van der Waals surface area contributed by atoms with Gasteiger partial charge in [-0.1, -0.05) is 35.2 Å². The molecule has 140 valence electrons. The normalized spacial score (nSPS) is 15.9. The van der Waals surface area contributed by atoms with Crippen LogP contribution < -0.4 is 5.32 Å². The molecular formula is C19H29BrN2O3. The lowest BCUT2D eigenvalue weighted by molar-refractivity contribution is -0.113. The van der Waals surface area contributed by atoms with Gasteiger partial charge in [-0.2, -0.15) is 0 Å². The Labute approximate surface area is 158 Å². The van der Waals surface area contributed by atoms with E-state index in [1.54, 1.807) is 0 Å². The van der Waals surface area contributed by atoms with Crippen molar-refractivity contribution in [3.63, 3.8) is 0 Å². The summed E-state index contributed by atoms with van der Waals surface area (Å²) in [4.78, 5) is 24.9. The molecular weight excluding hydrogens is 384 g/mol. The lowest BCUT2D eigenvalue weighted by Crippen LogP contribution is -2.26. The fourth-order valence-electron chi connectivity index (χ4n) is 3.49. The van der Waals surface area contributed by atoms with Gasteiger partial charge >= 0.3 is 5.97 Å². The first-order chi connectivity index (χ1) is 11.7. The fraction of sp³-hybridized carbons (Fsp3) is 0.684. The first-order valence-corrected chi connectivity index (χ1v) is 10.1. The lowest BCUT2D eigenvalue weighted by atomic mass is 9.95. The molecule has 5 nitrogen and oxygen atoms in total. The zero-order valence-electron chi connectivity index (χ0n) is 15.9. The number of nitrogens with zero attached hydrogens (tertiary/aromatic N) is 1. The van der Waals surface area contributed by atoms with Crippen LogP contribution in [0.5, 0.6) is 0 Å². The van der Waals surface area contributed by atoms with Crippen LogP contribution in [-0.2, 0) is 9.53 Å². The van der Waals surface area contributed by atoms with E-state index in [2.05, 4.69) is 25.8 Å². The van der Waals surface area contributed by atoms with Gasteiger partial charge in [-0.25, -0.2) is 4.79 Å². The van der Waals surface area contributed by atoms with Crippen LogP contribution in [-0.4, -0.2) is 27.4 Å². The average Bonchev–Trinajstić information content (AvgIpc) is 2.77. The number of hydrogen-bond acceptors (Lipinski definition) is 3. The van der Waals surface area contributed by atoms with Gasteiger partial charge in [0.25, 0.3) is 0 Å². The molecule has 0 bridgehead atoms. The number of halogens is 1. The van der Waals surface area contributed by atoms with Crippen molar-refractivity contribution in [3.05, 3.63) is 16.8 Å². The predicted molar refractivity (Wildman–Crippen MR) is 104 cm³/mol. The summed E-state index contributed by atoms with van der Waals surface area (Å²) in [6, 6.07) is 0.314. The molecule has 1 aliphatic carbocycles. The predicted octanol–water partition coefficient (Wildman–Crippen LogP) is 4.90. The second-order valence-corrected chi connectivity index (χ2v) is 8.34. The van der Waals surface area contributed by atoms with Crippen LogP contribution in [0.1, 0.15) is 80.5 Å². The van der Waals surface area contributed by atoms with Crippen molar-refractivity contribution in [1.29, 1.82) is 0 Å². The van der Waals surface area contributed by atoms with E-state index in [0.29, 0.717) is 17.4 Å². The molecule has 0 aromatic carbocycles. The summed E-state index contributed by atoms with van der Waals surface area (Å²) in [6.45, 7) is 9.49. The molecule has 0 unspecified atom stereocenters. The molecule has 1 aromatic rings. The Morgan fingerprint density at radius 2 is 1.80 bits per heavy atom. The number of carbonyl (C=O) groups excluding carboxylic acids is 2. The number of alkyl halides is 1. The number of aromatic nitrogens is 1. The average molecular weight is 413 g/mol. The van der Waals surface area contributed by atoms with Crippen molar-refractivity contribution in [2.24, 2.45) is 0 Å². The van der Waals surface area contributed by atoms with E-state index < -0.39 is 5.60 Å². The van der Waals surface area contributed by atoms with Gasteiger partial charge in [0.1, 0.15) is 17.0 Å². The highest BCUT2D eigenvalue weighted by atomic mass is 79.9. The second kappa shape index (κ2) is 7.94. The maximum Gasteiger partial charge on any atom is 0.342 e. The van der Waals surface area contributed by atoms with Crippen LogP contribution in [0.3, 0.4) is 0 Å². The molecule has 0 saturated heterocycles. The summed E-state index contributed by atoms with van der Waals surface area (Å²) in [7, 11) is 0. The Kier molecular flexibility index (Phi) is 6.35. The van der Waals surface area contributed by atoms with Crippen molar-refractivity contribution < 1.29 is 14.3 Å². The number of anilines is 1. The molecule has 1 fully saturated rings. The van der Waals surface area contributed by atoms with Crippen molar-refractivity contribution in [1.82, 2.24) is 4.57 Å². The van der Waals surface area contributed by atoms with Crippen LogP contribution in [0, 0.1) is 13.8 Å². The molecule has 1 heterocycles. The third-order valence-electron chi connectivity index (χ3n) is 4.68. The summed E-state index contributed by atoms with van der Waals surface area (Å²) < 4.78 is 7.75. The lowest BCUT2D eigenvalue weighted by Gasteiger charge is -2.27. The smallest absolute Gasteiger partial charge is 0.342 e. The number of carbonyl (C=O) groups is 2. The summed E-state index contributed by atoms with van der Waals surface area (Å²) >= 11 is 3.19. The van der Waals surface area contributed by atoms with Gasteiger partial charge in [0.2, 0.25) is 5.91 Å². The number of ether oxygens (including phenoxy) is 1. The van der Waals surface area contributed by atoms with Crippen LogP contribution in [0.2, 0.25) is 0 Å². The highest BCUT2D eigenvalue weighted by Gasteiger charge is 2.31. The van der Waals surface area contributed by atoms with E-state index in [-0.39, 0.29) is 17.2 Å². The molecule has 1 amide bonds. The molecule has 0 radical (unpaired) electrons. The Bertz CT molecular complexity index is 653. The standard InChI is InChI=1S/C19H29BrN2O3/c1-12-13(2)22(14-9-7-6-8-10-14)17(21-15(23)11-20)16(12)18(24)25-19(3,4)5/h14H,6-11H2,1-5H3,(H,21,23). The van der Waals surface area contributed by atoms with Crippen molar-refractivity contribution in [2.45, 2.75) is 78.4 Å². The van der Waals surface area contributed by atoms with Crippen molar-refractivity contribution in [3.8, 4) is 0 Å². The molecule has 2 rings (SSSR count). The minimum absolute atomic E-state index is 0.167. The topological polar surface area (TPSA) is 60.3 Å². The van der Waals surface area contributed by atoms with E-state index in [4.69, 9.17) is 4.74 Å². The first kappa shape index (κ1) is 20.0. The minimum atomic E-state index is -0.582. The zero-order chi connectivity index (χ0) is 18.8. The Balaban J connectivity index is 2.53. The maximum atomic E-state index is 12.8. The maximum absolute atomic E-state index is 12.8. The fourth-order valence-corrected chi connectivity index (χ4v) is 3.63. The van der Waals surface area contributed by atoms with Gasteiger partial charge < -0.3 is 14.6 Å². The third-order valence-corrected chi connectivity index (χ3v) is 5.19. The van der Waals surface area contributed by atoms with Crippen LogP contribution in [0.15, 0.2) is 0 Å². The van der Waals surface area contributed by atoms with Crippen LogP contribution >= 0.6 is 15.9 Å². The van der Waals surface area contributed by atoms with E-state index in [1.165, 1.54) is 19.3 Å². The largest absolute Gasteiger partial charge is 0.456 e. The number of nitrogens with one attached hydrogen (secondary N) is 1. The van der Waals surface area contributed by atoms with Gasteiger partial charge in [0.15, 0.2) is 0 Å². The van der Waals surface area contributed by atoms with Crippen molar-refractivity contribution in [2.75, 3.05) is 10.6 Å². The van der Waals surface area contributed by atoms with E-state index in [1.807, 2.05) is 34.6 Å². The third kappa shape index (κ3) is 4.66.